The third kappa shape index (κ3) is 3.50. The van der Waals surface area contributed by atoms with Crippen molar-refractivity contribution in [3.05, 3.63) is 65.7 Å². The highest BCUT2D eigenvalue weighted by atomic mass is 16.5. The summed E-state index contributed by atoms with van der Waals surface area (Å²) < 4.78 is 10.5. The summed E-state index contributed by atoms with van der Waals surface area (Å²) in [6.07, 6.45) is 0. The van der Waals surface area contributed by atoms with Gasteiger partial charge in [-0.15, -0.1) is 0 Å². The quantitative estimate of drug-likeness (QED) is 0.748. The number of phenols is 1. The van der Waals surface area contributed by atoms with Crippen LogP contribution in [0.25, 0.3) is 10.8 Å². The molecule has 0 saturated carbocycles. The van der Waals surface area contributed by atoms with E-state index in [2.05, 4.69) is 5.32 Å². The molecule has 0 saturated heterocycles. The van der Waals surface area contributed by atoms with Crippen molar-refractivity contribution in [3.63, 3.8) is 0 Å². The average molecular weight is 337 g/mol. The summed E-state index contributed by atoms with van der Waals surface area (Å²) in [4.78, 5) is 12.5. The number of amides is 1. The molecule has 1 amide bonds. The number of rotatable bonds is 5. The maximum Gasteiger partial charge on any atom is 0.255 e. The van der Waals surface area contributed by atoms with Gasteiger partial charge in [0.1, 0.15) is 17.2 Å². The van der Waals surface area contributed by atoms with Crippen LogP contribution in [0.2, 0.25) is 0 Å². The van der Waals surface area contributed by atoms with Gasteiger partial charge in [-0.1, -0.05) is 24.3 Å². The molecule has 5 nitrogen and oxygen atoms in total. The molecule has 0 radical (unpaired) electrons. The number of aromatic hydroxyl groups is 1. The van der Waals surface area contributed by atoms with Crippen molar-refractivity contribution in [3.8, 4) is 17.2 Å². The van der Waals surface area contributed by atoms with Crippen LogP contribution in [0.15, 0.2) is 54.6 Å². The molecule has 0 bridgehead atoms. The van der Waals surface area contributed by atoms with E-state index >= 15 is 0 Å². The molecule has 0 spiro atoms. The first-order valence-corrected chi connectivity index (χ1v) is 7.83. The van der Waals surface area contributed by atoms with Crippen molar-refractivity contribution in [2.45, 2.75) is 6.54 Å². The van der Waals surface area contributed by atoms with Gasteiger partial charge in [0.2, 0.25) is 0 Å². The standard InChI is InChI=1S/C20H19NO4/c1-24-16-7-8-19(25-2)15(9-16)12-21-20(23)17-10-13-5-3-4-6-14(13)11-18(17)22/h3-11,22H,12H2,1-2H3,(H,21,23). The maximum atomic E-state index is 12.5. The van der Waals surface area contributed by atoms with Gasteiger partial charge in [0, 0.05) is 12.1 Å². The first-order valence-electron chi connectivity index (χ1n) is 7.83. The Kier molecular flexibility index (Phi) is 4.75. The van der Waals surface area contributed by atoms with Crippen LogP contribution in [0, 0.1) is 0 Å². The Hall–Kier alpha value is -3.21. The van der Waals surface area contributed by atoms with Crippen LogP contribution in [0.1, 0.15) is 15.9 Å². The molecule has 3 aromatic rings. The molecule has 0 aliphatic rings. The second-order valence-electron chi connectivity index (χ2n) is 5.58. The zero-order chi connectivity index (χ0) is 17.8. The van der Waals surface area contributed by atoms with Crippen molar-refractivity contribution < 1.29 is 19.4 Å². The van der Waals surface area contributed by atoms with Gasteiger partial charge in [0.25, 0.3) is 5.91 Å². The number of carbonyl (C=O) groups is 1. The van der Waals surface area contributed by atoms with Gasteiger partial charge in [-0.3, -0.25) is 4.79 Å². The van der Waals surface area contributed by atoms with Gasteiger partial charge in [-0.2, -0.15) is 0 Å². The molecule has 2 N–H and O–H groups in total. The lowest BCUT2D eigenvalue weighted by molar-refractivity contribution is 0.0948. The zero-order valence-electron chi connectivity index (χ0n) is 14.1. The number of ether oxygens (including phenoxy) is 2. The van der Waals surface area contributed by atoms with E-state index in [1.54, 1.807) is 44.6 Å². The van der Waals surface area contributed by atoms with Crippen LogP contribution < -0.4 is 14.8 Å². The van der Waals surface area contributed by atoms with Crippen molar-refractivity contribution in [1.82, 2.24) is 5.32 Å². The molecule has 0 aromatic heterocycles. The zero-order valence-corrected chi connectivity index (χ0v) is 14.1. The highest BCUT2D eigenvalue weighted by Gasteiger charge is 2.13. The molecule has 0 fully saturated rings. The highest BCUT2D eigenvalue weighted by Crippen LogP contribution is 2.26. The van der Waals surface area contributed by atoms with E-state index in [4.69, 9.17) is 9.47 Å². The molecule has 0 atom stereocenters. The number of carbonyl (C=O) groups excluding carboxylic acids is 1. The third-order valence-corrected chi connectivity index (χ3v) is 4.04. The number of benzene rings is 3. The SMILES string of the molecule is COc1ccc(OC)c(CNC(=O)c2cc3ccccc3cc2O)c1. The van der Waals surface area contributed by atoms with Gasteiger partial charge in [0.15, 0.2) is 0 Å². The number of hydrogen-bond donors (Lipinski definition) is 2. The summed E-state index contributed by atoms with van der Waals surface area (Å²) in [5.74, 6) is 0.935. The maximum absolute atomic E-state index is 12.5. The molecule has 0 unspecified atom stereocenters. The molecular formula is C20H19NO4. The van der Waals surface area contributed by atoms with Crippen molar-refractivity contribution >= 4 is 16.7 Å². The lowest BCUT2D eigenvalue weighted by Gasteiger charge is -2.12. The first kappa shape index (κ1) is 16.6. The number of phenolic OH excluding ortho intramolecular Hbond substituents is 1. The Morgan fingerprint density at radius 2 is 1.72 bits per heavy atom. The topological polar surface area (TPSA) is 67.8 Å². The molecule has 3 aromatic carbocycles. The first-order chi connectivity index (χ1) is 12.1. The van der Waals surface area contributed by atoms with E-state index in [-0.39, 0.29) is 23.8 Å². The summed E-state index contributed by atoms with van der Waals surface area (Å²) in [7, 11) is 3.15. The smallest absolute Gasteiger partial charge is 0.255 e. The van der Waals surface area contributed by atoms with E-state index in [0.717, 1.165) is 16.3 Å². The number of fused-ring (bicyclic) bond motifs is 1. The normalized spacial score (nSPS) is 10.5. The highest BCUT2D eigenvalue weighted by molar-refractivity contribution is 6.01. The molecule has 0 heterocycles. The van der Waals surface area contributed by atoms with Crippen LogP contribution in [0.4, 0.5) is 0 Å². The minimum absolute atomic E-state index is 0.0474. The minimum Gasteiger partial charge on any atom is -0.507 e. The van der Waals surface area contributed by atoms with Crippen LogP contribution in [-0.4, -0.2) is 25.2 Å². The summed E-state index contributed by atoms with van der Waals surface area (Å²) in [5, 5.41) is 14.7. The fourth-order valence-electron chi connectivity index (χ4n) is 2.70. The van der Waals surface area contributed by atoms with Gasteiger partial charge < -0.3 is 19.9 Å². The van der Waals surface area contributed by atoms with E-state index in [9.17, 15) is 9.90 Å². The predicted octanol–water partition coefficient (Wildman–Crippen LogP) is 3.49. The Labute approximate surface area is 145 Å². The van der Waals surface area contributed by atoms with E-state index in [1.165, 1.54) is 0 Å². The summed E-state index contributed by atoms with van der Waals surface area (Å²) in [6.45, 7) is 0.255. The Morgan fingerprint density at radius 1 is 1.00 bits per heavy atom. The summed E-state index contributed by atoms with van der Waals surface area (Å²) in [6, 6.07) is 16.2. The van der Waals surface area contributed by atoms with E-state index in [1.807, 2.05) is 24.3 Å². The van der Waals surface area contributed by atoms with Crippen molar-refractivity contribution in [1.29, 1.82) is 0 Å². The second-order valence-corrected chi connectivity index (χ2v) is 5.58. The van der Waals surface area contributed by atoms with Crippen LogP contribution >= 0.6 is 0 Å². The fraction of sp³-hybridized carbons (Fsp3) is 0.150. The summed E-state index contributed by atoms with van der Waals surface area (Å²) in [5.41, 5.74) is 1.02. The van der Waals surface area contributed by atoms with Crippen molar-refractivity contribution in [2.75, 3.05) is 14.2 Å². The Bertz CT molecular complexity index is 921. The van der Waals surface area contributed by atoms with Gasteiger partial charge >= 0.3 is 0 Å². The monoisotopic (exact) mass is 337 g/mol. The van der Waals surface area contributed by atoms with E-state index < -0.39 is 0 Å². The molecule has 128 valence electrons. The number of nitrogens with one attached hydrogen (secondary N) is 1. The molecule has 25 heavy (non-hydrogen) atoms. The molecule has 3 rings (SSSR count). The third-order valence-electron chi connectivity index (χ3n) is 4.04. The second kappa shape index (κ2) is 7.13. The lowest BCUT2D eigenvalue weighted by Crippen LogP contribution is -2.23. The summed E-state index contributed by atoms with van der Waals surface area (Å²) >= 11 is 0. The Balaban J connectivity index is 1.82. The average Bonchev–Trinajstić information content (AvgIpc) is 2.65. The van der Waals surface area contributed by atoms with Crippen LogP contribution in [0.3, 0.4) is 0 Å². The van der Waals surface area contributed by atoms with Crippen LogP contribution in [0.5, 0.6) is 17.2 Å². The molecular weight excluding hydrogens is 318 g/mol. The van der Waals surface area contributed by atoms with Crippen molar-refractivity contribution in [2.24, 2.45) is 0 Å². The molecule has 5 heteroatoms. The number of methoxy groups -OCH3 is 2. The molecule has 0 aliphatic carbocycles. The number of hydrogen-bond acceptors (Lipinski definition) is 4. The minimum atomic E-state index is -0.354. The lowest BCUT2D eigenvalue weighted by atomic mass is 10.1. The van der Waals surface area contributed by atoms with Gasteiger partial charge in [-0.25, -0.2) is 0 Å². The van der Waals surface area contributed by atoms with Gasteiger partial charge in [-0.05, 0) is 41.1 Å². The van der Waals surface area contributed by atoms with Crippen LogP contribution in [-0.2, 0) is 6.54 Å². The van der Waals surface area contributed by atoms with Gasteiger partial charge in [0.05, 0.1) is 19.8 Å². The van der Waals surface area contributed by atoms with E-state index in [0.29, 0.717) is 11.5 Å². The largest absolute Gasteiger partial charge is 0.507 e. The molecule has 0 aliphatic heterocycles. The fourth-order valence-corrected chi connectivity index (χ4v) is 2.70. The predicted molar refractivity (Wildman–Crippen MR) is 96.3 cm³/mol. The Morgan fingerprint density at radius 3 is 2.40 bits per heavy atom.